The Morgan fingerprint density at radius 1 is 1.06 bits per heavy atom. The van der Waals surface area contributed by atoms with E-state index in [0.717, 1.165) is 19.0 Å². The van der Waals surface area contributed by atoms with Gasteiger partial charge in [-0.05, 0) is 49.2 Å². The van der Waals surface area contributed by atoms with E-state index in [-0.39, 0.29) is 12.3 Å². The molecule has 3 aromatic rings. The van der Waals surface area contributed by atoms with Gasteiger partial charge in [-0.25, -0.2) is 14.2 Å². The predicted octanol–water partition coefficient (Wildman–Crippen LogP) is 3.64. The van der Waals surface area contributed by atoms with E-state index in [4.69, 9.17) is 14.2 Å². The summed E-state index contributed by atoms with van der Waals surface area (Å²) in [5.41, 5.74) is -1.80. The van der Waals surface area contributed by atoms with Gasteiger partial charge in [-0.15, -0.1) is 0 Å². The van der Waals surface area contributed by atoms with Crippen LogP contribution in [0, 0.1) is 0 Å². The van der Waals surface area contributed by atoms with Gasteiger partial charge < -0.3 is 14.2 Å². The van der Waals surface area contributed by atoms with Gasteiger partial charge in [0.15, 0.2) is 6.10 Å². The fourth-order valence-electron chi connectivity index (χ4n) is 3.44. The van der Waals surface area contributed by atoms with Crippen molar-refractivity contribution in [3.8, 4) is 17.2 Å². The van der Waals surface area contributed by atoms with Crippen molar-refractivity contribution in [1.29, 1.82) is 0 Å². The average molecular weight is 507 g/mol. The molecular formula is C25H25F3N2O6. The number of hydrogen-bond acceptors (Lipinski definition) is 6. The average Bonchev–Trinajstić information content (AvgIpc) is 2.84. The molecule has 8 nitrogen and oxygen atoms in total. The summed E-state index contributed by atoms with van der Waals surface area (Å²) in [7, 11) is 2.22. The molecule has 0 aliphatic carbocycles. The largest absolute Gasteiger partial charge is 0.489 e. The summed E-state index contributed by atoms with van der Waals surface area (Å²) in [6, 6.07) is 11.7. The van der Waals surface area contributed by atoms with Crippen LogP contribution in [0.2, 0.25) is 0 Å². The smallest absolute Gasteiger partial charge is 0.431 e. The quantitative estimate of drug-likeness (QED) is 0.342. The van der Waals surface area contributed by atoms with Crippen molar-refractivity contribution in [2.45, 2.75) is 39.2 Å². The Morgan fingerprint density at radius 3 is 2.31 bits per heavy atom. The summed E-state index contributed by atoms with van der Waals surface area (Å²) in [4.78, 5) is 36.5. The minimum atomic E-state index is -4.84. The molecule has 0 aliphatic rings. The summed E-state index contributed by atoms with van der Waals surface area (Å²) in [6.07, 6.45) is -4.91. The zero-order chi connectivity index (χ0) is 26.6. The van der Waals surface area contributed by atoms with Gasteiger partial charge >= 0.3 is 17.8 Å². The lowest BCUT2D eigenvalue weighted by Gasteiger charge is -2.17. The lowest BCUT2D eigenvalue weighted by Crippen LogP contribution is -2.40. The van der Waals surface area contributed by atoms with E-state index in [1.807, 2.05) is 25.1 Å². The number of carbonyl (C=O) groups is 1. The first-order chi connectivity index (χ1) is 17.0. The highest BCUT2D eigenvalue weighted by atomic mass is 19.4. The molecule has 1 unspecified atom stereocenters. The molecular weight excluding hydrogens is 482 g/mol. The number of carbonyl (C=O) groups excluding carboxylic acids is 1. The molecule has 1 atom stereocenters. The van der Waals surface area contributed by atoms with Crippen molar-refractivity contribution >= 4 is 5.97 Å². The first-order valence-electron chi connectivity index (χ1n) is 11.0. The predicted molar refractivity (Wildman–Crippen MR) is 125 cm³/mol. The molecule has 36 heavy (non-hydrogen) atoms. The molecule has 1 aromatic heterocycles. The van der Waals surface area contributed by atoms with Crippen LogP contribution in [0.1, 0.15) is 30.7 Å². The van der Waals surface area contributed by atoms with E-state index >= 15 is 0 Å². The van der Waals surface area contributed by atoms with Gasteiger partial charge in [0.25, 0.3) is 5.56 Å². The number of halogens is 3. The van der Waals surface area contributed by atoms with Crippen molar-refractivity contribution in [3.05, 3.63) is 86.2 Å². The number of methoxy groups -OCH3 is 1. The number of alkyl halides is 3. The molecule has 11 heteroatoms. The van der Waals surface area contributed by atoms with Crippen molar-refractivity contribution in [3.63, 3.8) is 0 Å². The standard InChI is InChI=1S/C25H25F3N2O6/c1-5-16-6-7-17(20(12-16)36-15(2)23(32)34-4)14-35-19-10-8-18(9-11-19)30-22(31)13-21(25(26,27)28)29(3)24(30)33/h6-13,15H,5,14H2,1-4H3/i5+1. The molecule has 0 bridgehead atoms. The van der Waals surface area contributed by atoms with E-state index in [1.54, 1.807) is 6.92 Å². The molecule has 2 aromatic carbocycles. The third-order valence-electron chi connectivity index (χ3n) is 5.48. The molecule has 0 saturated heterocycles. The molecule has 1 heterocycles. The number of esters is 1. The Morgan fingerprint density at radius 2 is 1.72 bits per heavy atom. The second-order valence-corrected chi connectivity index (χ2v) is 7.90. The van der Waals surface area contributed by atoms with E-state index in [2.05, 4.69) is 0 Å². The third-order valence-corrected chi connectivity index (χ3v) is 5.48. The number of aromatic nitrogens is 2. The van der Waals surface area contributed by atoms with Gasteiger partial charge in [-0.2, -0.15) is 13.2 Å². The van der Waals surface area contributed by atoms with E-state index < -0.39 is 35.2 Å². The van der Waals surface area contributed by atoms with E-state index in [0.29, 0.717) is 32.3 Å². The monoisotopic (exact) mass is 507 g/mol. The topological polar surface area (TPSA) is 88.8 Å². The van der Waals surface area contributed by atoms with Crippen LogP contribution in [-0.2, 0) is 35.8 Å². The minimum absolute atomic E-state index is 0.0779. The van der Waals surface area contributed by atoms with Crippen LogP contribution >= 0.6 is 0 Å². The summed E-state index contributed by atoms with van der Waals surface area (Å²) < 4.78 is 56.5. The first kappa shape index (κ1) is 26.6. The molecule has 3 rings (SSSR count). The van der Waals surface area contributed by atoms with Crippen LogP contribution < -0.4 is 20.7 Å². The number of benzene rings is 2. The molecule has 0 saturated carbocycles. The van der Waals surface area contributed by atoms with Crippen molar-refractivity contribution in [2.24, 2.45) is 7.05 Å². The summed E-state index contributed by atoms with van der Waals surface area (Å²) in [6.45, 7) is 3.63. The van der Waals surface area contributed by atoms with Crippen molar-refractivity contribution in [2.75, 3.05) is 7.11 Å². The Bertz CT molecular complexity index is 1360. The SMILES string of the molecule is C[13CH2]c1ccc(COc2ccc(-n3c(=O)cc(C(F)(F)F)n(C)c3=O)cc2)c(OC(C)C(=O)OC)c1. The molecule has 0 N–H and O–H groups in total. The first-order valence-corrected chi connectivity index (χ1v) is 11.0. The van der Waals surface area contributed by atoms with Gasteiger partial charge in [0.2, 0.25) is 0 Å². The highest BCUT2D eigenvalue weighted by Gasteiger charge is 2.35. The molecule has 0 spiro atoms. The number of hydrogen-bond donors (Lipinski definition) is 0. The van der Waals surface area contributed by atoms with Gasteiger partial charge in [0.1, 0.15) is 23.8 Å². The maximum atomic E-state index is 13.1. The minimum Gasteiger partial charge on any atom is -0.489 e. The number of aryl methyl sites for hydroxylation is 1. The fourth-order valence-corrected chi connectivity index (χ4v) is 3.44. The fraction of sp³-hybridized carbons (Fsp3) is 0.320. The number of ether oxygens (including phenoxy) is 3. The van der Waals surface area contributed by atoms with Gasteiger partial charge in [-0.1, -0.05) is 19.1 Å². The second kappa shape index (κ2) is 10.7. The Labute approximate surface area is 204 Å². The number of rotatable bonds is 8. The van der Waals surface area contributed by atoms with Gasteiger partial charge in [0, 0.05) is 18.7 Å². The lowest BCUT2D eigenvalue weighted by atomic mass is 10.1. The normalized spacial score (nSPS) is 12.2. The van der Waals surface area contributed by atoms with E-state index in [9.17, 15) is 27.6 Å². The summed E-state index contributed by atoms with van der Waals surface area (Å²) in [5.74, 6) is 0.315. The van der Waals surface area contributed by atoms with Crippen LogP contribution in [0.4, 0.5) is 13.2 Å². The zero-order valence-electron chi connectivity index (χ0n) is 20.1. The highest BCUT2D eigenvalue weighted by molar-refractivity contribution is 5.74. The van der Waals surface area contributed by atoms with Crippen molar-refractivity contribution < 1.29 is 32.2 Å². The Hall–Kier alpha value is -4.02. The third kappa shape index (κ3) is 5.78. The van der Waals surface area contributed by atoms with Crippen LogP contribution in [0.15, 0.2) is 58.1 Å². The second-order valence-electron chi connectivity index (χ2n) is 7.90. The Kier molecular flexibility index (Phi) is 7.91. The van der Waals surface area contributed by atoms with E-state index in [1.165, 1.54) is 31.4 Å². The van der Waals surface area contributed by atoms with Crippen LogP contribution in [0.5, 0.6) is 11.5 Å². The Balaban J connectivity index is 1.82. The van der Waals surface area contributed by atoms with Crippen LogP contribution in [0.3, 0.4) is 0 Å². The number of nitrogens with zero attached hydrogens (tertiary/aromatic N) is 2. The lowest BCUT2D eigenvalue weighted by molar-refractivity contribution is -0.148. The maximum absolute atomic E-state index is 13.1. The van der Waals surface area contributed by atoms with Gasteiger partial charge in [0.05, 0.1) is 12.8 Å². The highest BCUT2D eigenvalue weighted by Crippen LogP contribution is 2.27. The molecule has 0 aliphatic heterocycles. The van der Waals surface area contributed by atoms with Crippen LogP contribution in [-0.4, -0.2) is 28.3 Å². The molecule has 0 amide bonds. The molecule has 0 fully saturated rings. The van der Waals surface area contributed by atoms with Crippen molar-refractivity contribution in [1.82, 2.24) is 9.13 Å². The maximum Gasteiger partial charge on any atom is 0.431 e. The summed E-state index contributed by atoms with van der Waals surface area (Å²) >= 11 is 0. The molecule has 192 valence electrons. The van der Waals surface area contributed by atoms with Gasteiger partial charge in [-0.3, -0.25) is 9.36 Å². The summed E-state index contributed by atoms with van der Waals surface area (Å²) in [5, 5.41) is 0. The van der Waals surface area contributed by atoms with Crippen LogP contribution in [0.25, 0.3) is 5.69 Å². The zero-order valence-corrected chi connectivity index (χ0v) is 20.1. The molecule has 0 radical (unpaired) electrons.